The van der Waals surface area contributed by atoms with E-state index in [2.05, 4.69) is 5.32 Å². The minimum absolute atomic E-state index is 0.0219. The van der Waals surface area contributed by atoms with Crippen molar-refractivity contribution in [2.45, 2.75) is 39.8 Å². The van der Waals surface area contributed by atoms with E-state index >= 15 is 0 Å². The Kier molecular flexibility index (Phi) is 6.03. The van der Waals surface area contributed by atoms with Gasteiger partial charge in [-0.1, -0.05) is 0 Å². The molecule has 0 aromatic heterocycles. The van der Waals surface area contributed by atoms with Crippen LogP contribution in [0.2, 0.25) is 0 Å². The van der Waals surface area contributed by atoms with Gasteiger partial charge in [-0.2, -0.15) is 0 Å². The van der Waals surface area contributed by atoms with Crippen LogP contribution >= 0.6 is 0 Å². The van der Waals surface area contributed by atoms with Crippen LogP contribution in [-0.2, 0) is 9.53 Å². The SMILES string of the molecule is CC(C)NC(=O)COC(=O)c1ccc(OC(C)C)cc1. The van der Waals surface area contributed by atoms with Crippen LogP contribution in [0.15, 0.2) is 24.3 Å². The second-order valence-electron chi connectivity index (χ2n) is 4.99. The highest BCUT2D eigenvalue weighted by Crippen LogP contribution is 2.14. The normalized spacial score (nSPS) is 10.5. The minimum atomic E-state index is -0.528. The predicted octanol–water partition coefficient (Wildman–Crippen LogP) is 2.16. The van der Waals surface area contributed by atoms with Crippen LogP contribution in [0, 0.1) is 0 Å². The van der Waals surface area contributed by atoms with Crippen LogP contribution < -0.4 is 10.1 Å². The van der Waals surface area contributed by atoms with E-state index in [-0.39, 0.29) is 24.7 Å². The van der Waals surface area contributed by atoms with Crippen LogP contribution in [-0.4, -0.2) is 30.6 Å². The van der Waals surface area contributed by atoms with E-state index in [4.69, 9.17) is 9.47 Å². The van der Waals surface area contributed by atoms with E-state index in [1.807, 2.05) is 27.7 Å². The summed E-state index contributed by atoms with van der Waals surface area (Å²) in [6.07, 6.45) is 0.0764. The second kappa shape index (κ2) is 7.53. The van der Waals surface area contributed by atoms with Gasteiger partial charge in [-0.25, -0.2) is 4.79 Å². The molecule has 0 bridgehead atoms. The molecule has 110 valence electrons. The van der Waals surface area contributed by atoms with E-state index in [1.165, 1.54) is 0 Å². The largest absolute Gasteiger partial charge is 0.491 e. The molecule has 1 rings (SSSR count). The summed E-state index contributed by atoms with van der Waals surface area (Å²) < 4.78 is 10.4. The third kappa shape index (κ3) is 5.73. The third-order valence-electron chi connectivity index (χ3n) is 2.25. The summed E-state index contributed by atoms with van der Waals surface area (Å²) in [4.78, 5) is 23.1. The quantitative estimate of drug-likeness (QED) is 0.810. The maximum Gasteiger partial charge on any atom is 0.338 e. The van der Waals surface area contributed by atoms with Gasteiger partial charge in [0.25, 0.3) is 5.91 Å². The summed E-state index contributed by atoms with van der Waals surface area (Å²) in [6, 6.07) is 6.64. The molecule has 0 heterocycles. The van der Waals surface area contributed by atoms with Crippen LogP contribution in [0.5, 0.6) is 5.75 Å². The zero-order valence-electron chi connectivity index (χ0n) is 12.3. The number of amides is 1. The van der Waals surface area contributed by atoms with E-state index in [9.17, 15) is 9.59 Å². The first-order valence-corrected chi connectivity index (χ1v) is 6.61. The fourth-order valence-corrected chi connectivity index (χ4v) is 1.52. The van der Waals surface area contributed by atoms with Crippen LogP contribution in [0.4, 0.5) is 0 Å². The van der Waals surface area contributed by atoms with Gasteiger partial charge in [-0.15, -0.1) is 0 Å². The monoisotopic (exact) mass is 279 g/mol. The summed E-state index contributed by atoms with van der Waals surface area (Å²) in [7, 11) is 0. The molecule has 0 aliphatic rings. The number of esters is 1. The summed E-state index contributed by atoms with van der Waals surface area (Å²) in [5.74, 6) is -0.151. The van der Waals surface area contributed by atoms with Gasteiger partial charge in [0.05, 0.1) is 11.7 Å². The molecular formula is C15H21NO4. The summed E-state index contributed by atoms with van der Waals surface area (Å²) in [6.45, 7) is 7.26. The number of ether oxygens (including phenoxy) is 2. The Bertz CT molecular complexity index is 451. The first-order chi connectivity index (χ1) is 9.38. The number of hydrogen-bond acceptors (Lipinski definition) is 4. The maximum absolute atomic E-state index is 11.7. The zero-order chi connectivity index (χ0) is 15.1. The number of nitrogens with one attached hydrogen (secondary N) is 1. The molecule has 0 fully saturated rings. The molecule has 1 aromatic carbocycles. The lowest BCUT2D eigenvalue weighted by Crippen LogP contribution is -2.33. The molecule has 0 radical (unpaired) electrons. The first kappa shape index (κ1) is 16.0. The van der Waals surface area contributed by atoms with Crippen LogP contribution in [0.25, 0.3) is 0 Å². The molecule has 0 unspecified atom stereocenters. The molecule has 1 aromatic rings. The molecule has 5 heteroatoms. The van der Waals surface area contributed by atoms with E-state index in [0.29, 0.717) is 11.3 Å². The lowest BCUT2D eigenvalue weighted by atomic mass is 10.2. The zero-order valence-corrected chi connectivity index (χ0v) is 12.3. The van der Waals surface area contributed by atoms with Gasteiger partial charge in [0.15, 0.2) is 6.61 Å². The van der Waals surface area contributed by atoms with E-state index in [0.717, 1.165) is 0 Å². The van der Waals surface area contributed by atoms with Crippen molar-refractivity contribution in [1.29, 1.82) is 0 Å². The molecular weight excluding hydrogens is 258 g/mol. The van der Waals surface area contributed by atoms with Crippen molar-refractivity contribution in [2.75, 3.05) is 6.61 Å². The lowest BCUT2D eigenvalue weighted by Gasteiger charge is -2.10. The van der Waals surface area contributed by atoms with Crippen LogP contribution in [0.1, 0.15) is 38.1 Å². The van der Waals surface area contributed by atoms with Crippen molar-refractivity contribution in [2.24, 2.45) is 0 Å². The molecule has 0 saturated carbocycles. The van der Waals surface area contributed by atoms with Gasteiger partial charge >= 0.3 is 5.97 Å². The number of benzene rings is 1. The van der Waals surface area contributed by atoms with Gasteiger partial charge in [0.2, 0.25) is 0 Å². The Morgan fingerprint density at radius 1 is 1.10 bits per heavy atom. The number of rotatable bonds is 6. The van der Waals surface area contributed by atoms with Gasteiger partial charge in [-0.05, 0) is 52.0 Å². The molecule has 0 aliphatic carbocycles. The molecule has 0 atom stereocenters. The summed E-state index contributed by atoms with van der Waals surface area (Å²) in [5.41, 5.74) is 0.387. The van der Waals surface area contributed by atoms with Gasteiger partial charge in [0, 0.05) is 6.04 Å². The Hall–Kier alpha value is -2.04. The molecule has 0 saturated heterocycles. The average Bonchev–Trinajstić information content (AvgIpc) is 2.35. The highest BCUT2D eigenvalue weighted by molar-refractivity contribution is 5.91. The molecule has 5 nitrogen and oxygen atoms in total. The molecule has 0 spiro atoms. The lowest BCUT2D eigenvalue weighted by molar-refractivity contribution is -0.124. The molecule has 0 aliphatic heterocycles. The van der Waals surface area contributed by atoms with E-state index < -0.39 is 5.97 Å². The highest BCUT2D eigenvalue weighted by Gasteiger charge is 2.11. The van der Waals surface area contributed by atoms with Crippen molar-refractivity contribution in [1.82, 2.24) is 5.32 Å². The predicted molar refractivity (Wildman–Crippen MR) is 75.8 cm³/mol. The summed E-state index contributed by atoms with van der Waals surface area (Å²) >= 11 is 0. The summed E-state index contributed by atoms with van der Waals surface area (Å²) in [5, 5.41) is 2.64. The Morgan fingerprint density at radius 2 is 1.70 bits per heavy atom. The van der Waals surface area contributed by atoms with Gasteiger partial charge in [-0.3, -0.25) is 4.79 Å². The average molecular weight is 279 g/mol. The standard InChI is InChI=1S/C15H21NO4/c1-10(2)16-14(17)9-19-15(18)12-5-7-13(8-6-12)20-11(3)4/h5-8,10-11H,9H2,1-4H3,(H,16,17). The fraction of sp³-hybridized carbons (Fsp3) is 0.467. The van der Waals surface area contributed by atoms with Gasteiger partial charge < -0.3 is 14.8 Å². The van der Waals surface area contributed by atoms with Gasteiger partial charge in [0.1, 0.15) is 5.75 Å². The van der Waals surface area contributed by atoms with Crippen molar-refractivity contribution < 1.29 is 19.1 Å². The first-order valence-electron chi connectivity index (χ1n) is 6.61. The second-order valence-corrected chi connectivity index (χ2v) is 4.99. The molecule has 1 amide bonds. The molecule has 20 heavy (non-hydrogen) atoms. The maximum atomic E-state index is 11.7. The number of carbonyl (C=O) groups is 2. The third-order valence-corrected chi connectivity index (χ3v) is 2.25. The number of carbonyl (C=O) groups excluding carboxylic acids is 2. The molecule has 1 N–H and O–H groups in total. The highest BCUT2D eigenvalue weighted by atomic mass is 16.5. The topological polar surface area (TPSA) is 64.6 Å². The van der Waals surface area contributed by atoms with E-state index in [1.54, 1.807) is 24.3 Å². The Morgan fingerprint density at radius 3 is 2.20 bits per heavy atom. The fourth-order valence-electron chi connectivity index (χ4n) is 1.52. The smallest absolute Gasteiger partial charge is 0.338 e. The van der Waals surface area contributed by atoms with Crippen molar-refractivity contribution in [3.63, 3.8) is 0 Å². The van der Waals surface area contributed by atoms with Crippen molar-refractivity contribution in [3.05, 3.63) is 29.8 Å². The number of hydrogen-bond donors (Lipinski definition) is 1. The van der Waals surface area contributed by atoms with Crippen molar-refractivity contribution >= 4 is 11.9 Å². The van der Waals surface area contributed by atoms with Crippen molar-refractivity contribution in [3.8, 4) is 5.75 Å². The van der Waals surface area contributed by atoms with Crippen LogP contribution in [0.3, 0.4) is 0 Å². The minimum Gasteiger partial charge on any atom is -0.491 e. The Labute approximate surface area is 119 Å². The Balaban J connectivity index is 2.49.